The van der Waals surface area contributed by atoms with Gasteiger partial charge in [0.1, 0.15) is 27.8 Å². The summed E-state index contributed by atoms with van der Waals surface area (Å²) in [7, 11) is -1.93. The van der Waals surface area contributed by atoms with Crippen molar-refractivity contribution in [2.45, 2.75) is 37.7 Å². The molecule has 0 aliphatic carbocycles. The van der Waals surface area contributed by atoms with Gasteiger partial charge in [-0.1, -0.05) is 0 Å². The summed E-state index contributed by atoms with van der Waals surface area (Å²) in [4.78, 5) is 16.3. The molecule has 1 aliphatic heterocycles. The highest BCUT2D eigenvalue weighted by Crippen LogP contribution is 2.57. The molecule has 34 heavy (non-hydrogen) atoms. The van der Waals surface area contributed by atoms with Gasteiger partial charge in [0.15, 0.2) is 0 Å². The van der Waals surface area contributed by atoms with E-state index in [1.807, 2.05) is 0 Å². The number of amides is 1. The van der Waals surface area contributed by atoms with Crippen LogP contribution in [0.15, 0.2) is 36.5 Å². The third-order valence-electron chi connectivity index (χ3n) is 5.67. The second-order valence-electron chi connectivity index (χ2n) is 8.55. The van der Waals surface area contributed by atoms with E-state index < -0.39 is 39.4 Å². The Morgan fingerprint density at radius 2 is 1.97 bits per heavy atom. The number of benzene rings is 1. The van der Waals surface area contributed by atoms with Crippen LogP contribution in [0.1, 0.15) is 36.8 Å². The summed E-state index contributed by atoms with van der Waals surface area (Å²) < 4.78 is 65.1. The van der Waals surface area contributed by atoms with Crippen LogP contribution in [0, 0.1) is 11.2 Å². The minimum Gasteiger partial charge on any atom is -0.433 e. The maximum absolute atomic E-state index is 14.9. The van der Waals surface area contributed by atoms with Crippen molar-refractivity contribution < 1.29 is 31.8 Å². The number of ether oxygens (including phenoxy) is 1. The lowest BCUT2D eigenvalue weighted by Gasteiger charge is -2.49. The predicted octanol–water partition coefficient (Wildman–Crippen LogP) is 4.25. The number of pyridine rings is 1. The first-order valence-electron chi connectivity index (χ1n) is 10.1. The van der Waals surface area contributed by atoms with Crippen molar-refractivity contribution in [3.8, 4) is 5.75 Å². The number of nitrogens with zero attached hydrogens (tertiary/aromatic N) is 2. The smallest absolute Gasteiger partial charge is 0.387 e. The number of amidine groups is 1. The molecule has 9 nitrogen and oxygen atoms in total. The van der Waals surface area contributed by atoms with Crippen molar-refractivity contribution in [3.05, 3.63) is 53.6 Å². The molecule has 186 valence electrons. The molecule has 5 N–H and O–H groups in total. The molecule has 3 rings (SSSR count). The Morgan fingerprint density at radius 1 is 1.29 bits per heavy atom. The van der Waals surface area contributed by atoms with E-state index in [2.05, 4.69) is 20.4 Å². The number of carbonyl (C=O) groups excluding carboxylic acids is 1. The summed E-state index contributed by atoms with van der Waals surface area (Å²) in [5.41, 5.74) is -1.03. The third kappa shape index (κ3) is 4.82. The van der Waals surface area contributed by atoms with E-state index in [1.165, 1.54) is 49.5 Å². The number of hydrogen-bond acceptors (Lipinski definition) is 7. The van der Waals surface area contributed by atoms with Crippen LogP contribution in [-0.2, 0) is 5.54 Å². The zero-order valence-electron chi connectivity index (χ0n) is 18.9. The van der Waals surface area contributed by atoms with E-state index in [4.69, 9.17) is 5.41 Å². The molecule has 1 amide bonds. The van der Waals surface area contributed by atoms with Crippen LogP contribution in [0.3, 0.4) is 0 Å². The van der Waals surface area contributed by atoms with Crippen molar-refractivity contribution in [3.63, 3.8) is 0 Å². The highest BCUT2D eigenvalue weighted by Gasteiger charge is 2.49. The quantitative estimate of drug-likeness (QED) is 0.414. The van der Waals surface area contributed by atoms with Crippen molar-refractivity contribution >= 4 is 28.2 Å². The summed E-state index contributed by atoms with van der Waals surface area (Å²) in [5.74, 6) is -1.68. The normalized spacial score (nSPS) is 23.1. The van der Waals surface area contributed by atoms with Crippen molar-refractivity contribution in [2.24, 2.45) is 0 Å². The Labute approximate surface area is 196 Å². The van der Waals surface area contributed by atoms with E-state index in [1.54, 1.807) is 6.92 Å². The van der Waals surface area contributed by atoms with Crippen molar-refractivity contribution in [1.29, 1.82) is 5.41 Å². The molecule has 1 saturated heterocycles. The number of aromatic nitrogens is 1. The molecule has 0 saturated carbocycles. The Balaban J connectivity index is 1.88. The molecule has 1 fully saturated rings. The lowest BCUT2D eigenvalue weighted by molar-refractivity contribution is -0.0500. The van der Waals surface area contributed by atoms with E-state index in [9.17, 15) is 27.1 Å². The van der Waals surface area contributed by atoms with Gasteiger partial charge in [-0.2, -0.15) is 8.78 Å². The molecular weight excluding hydrogens is 475 g/mol. The van der Waals surface area contributed by atoms with Gasteiger partial charge in [-0.05, 0) is 51.1 Å². The summed E-state index contributed by atoms with van der Waals surface area (Å²) >= 11 is 0. The fourth-order valence-corrected chi connectivity index (χ4v) is 5.13. The van der Waals surface area contributed by atoms with Gasteiger partial charge in [-0.15, -0.1) is 10.8 Å². The van der Waals surface area contributed by atoms with E-state index >= 15 is 0 Å². The lowest BCUT2D eigenvalue weighted by atomic mass is 9.90. The number of hydrogen-bond donors (Lipinski definition) is 5. The average Bonchev–Trinajstić information content (AvgIpc) is 2.78. The molecule has 0 radical (unpaired) electrons. The molecule has 2 heterocycles. The van der Waals surface area contributed by atoms with E-state index in [-0.39, 0.29) is 35.1 Å². The Morgan fingerprint density at radius 3 is 2.56 bits per heavy atom. The molecule has 1 aliphatic rings. The summed E-state index contributed by atoms with van der Waals surface area (Å²) in [6.07, 6.45) is 0.981. The lowest BCUT2D eigenvalue weighted by Crippen LogP contribution is -2.51. The molecule has 2 aromatic rings. The topological polar surface area (TPSA) is 131 Å². The second kappa shape index (κ2) is 9.06. The predicted molar refractivity (Wildman–Crippen MR) is 123 cm³/mol. The SMILES string of the molecule is CN1C[C@@](C)(c2cc(NC(=O)c3ccc(OC(F)F)cn3)ccc2F)NC(=N)C(C)(C)S1(O)O. The Bertz CT molecular complexity index is 1100. The minimum absolute atomic E-state index is 0.0530. The third-order valence-corrected chi connectivity index (χ3v) is 8.25. The zero-order chi connectivity index (χ0) is 25.5. The average molecular weight is 502 g/mol. The molecule has 1 aromatic carbocycles. The standard InChI is InChI=1S/C21H26F3N5O4S/c1-20(2)18(25)28-21(3,11-29(4)34(20,31)32)14-9-12(5-7-15(14)22)27-17(30)16-8-6-13(10-26-16)33-19(23)24/h5-10,19,31-32H,11H2,1-4H3,(H2,25,28)(H,27,30)/t21-/m0/s1. The van der Waals surface area contributed by atoms with Gasteiger partial charge >= 0.3 is 6.61 Å². The van der Waals surface area contributed by atoms with E-state index in [0.717, 1.165) is 12.3 Å². The number of nitrogens with one attached hydrogen (secondary N) is 3. The molecule has 0 bridgehead atoms. The maximum Gasteiger partial charge on any atom is 0.387 e. The zero-order valence-corrected chi connectivity index (χ0v) is 19.7. The van der Waals surface area contributed by atoms with Crippen LogP contribution in [0.2, 0.25) is 0 Å². The van der Waals surface area contributed by atoms with Gasteiger partial charge in [-0.3, -0.25) is 19.3 Å². The van der Waals surface area contributed by atoms with Gasteiger partial charge in [0.25, 0.3) is 5.91 Å². The number of alkyl halides is 2. The Kier molecular flexibility index (Phi) is 6.86. The van der Waals surface area contributed by atoms with Gasteiger partial charge in [0, 0.05) is 24.8 Å². The number of carbonyl (C=O) groups is 1. The van der Waals surface area contributed by atoms with Crippen LogP contribution >= 0.6 is 10.8 Å². The van der Waals surface area contributed by atoms with Crippen molar-refractivity contribution in [1.82, 2.24) is 14.6 Å². The van der Waals surface area contributed by atoms with Gasteiger partial charge in [0.2, 0.25) is 0 Å². The highest BCUT2D eigenvalue weighted by molar-refractivity contribution is 8.24. The van der Waals surface area contributed by atoms with Crippen LogP contribution in [0.4, 0.5) is 18.9 Å². The molecule has 1 aromatic heterocycles. The Hall–Kier alpha value is -2.87. The first kappa shape index (κ1) is 25.7. The van der Waals surface area contributed by atoms with Crippen LogP contribution in [0.25, 0.3) is 0 Å². The summed E-state index contributed by atoms with van der Waals surface area (Å²) in [5, 5.41) is 13.9. The number of rotatable bonds is 5. The summed E-state index contributed by atoms with van der Waals surface area (Å²) in [6.45, 7) is 1.56. The number of halogens is 3. The monoisotopic (exact) mass is 501 g/mol. The van der Waals surface area contributed by atoms with Gasteiger partial charge in [0.05, 0.1) is 11.7 Å². The fourth-order valence-electron chi connectivity index (χ4n) is 3.59. The van der Waals surface area contributed by atoms with Gasteiger partial charge in [-0.25, -0.2) is 13.7 Å². The largest absolute Gasteiger partial charge is 0.433 e. The van der Waals surface area contributed by atoms with Crippen LogP contribution < -0.4 is 15.4 Å². The molecule has 0 unspecified atom stereocenters. The maximum atomic E-state index is 14.9. The number of anilines is 1. The fraction of sp³-hybridized carbons (Fsp3) is 0.381. The first-order valence-corrected chi connectivity index (χ1v) is 11.6. The second-order valence-corrected chi connectivity index (χ2v) is 11.2. The highest BCUT2D eigenvalue weighted by atomic mass is 32.3. The molecule has 0 spiro atoms. The number of likely N-dealkylation sites (N-methyl/N-ethyl adjacent to an activating group) is 1. The first-order chi connectivity index (χ1) is 15.7. The molecule has 13 heteroatoms. The van der Waals surface area contributed by atoms with Crippen LogP contribution in [0.5, 0.6) is 5.75 Å². The molecular formula is C21H26F3N5O4S. The van der Waals surface area contributed by atoms with Crippen molar-refractivity contribution in [2.75, 3.05) is 18.9 Å². The molecule has 1 atom stereocenters. The minimum atomic E-state index is -3.40. The van der Waals surface area contributed by atoms with Gasteiger partial charge < -0.3 is 15.4 Å². The van der Waals surface area contributed by atoms with Crippen LogP contribution in [-0.4, -0.2) is 55.1 Å². The van der Waals surface area contributed by atoms with E-state index in [0.29, 0.717) is 0 Å². The summed E-state index contributed by atoms with van der Waals surface area (Å²) in [6, 6.07) is 6.22.